The fourth-order valence-corrected chi connectivity index (χ4v) is 3.15. The lowest BCUT2D eigenvalue weighted by Crippen LogP contribution is -2.38. The molecule has 0 unspecified atom stereocenters. The molecule has 130 valence electrons. The van der Waals surface area contributed by atoms with Gasteiger partial charge in [-0.05, 0) is 41.7 Å². The van der Waals surface area contributed by atoms with Crippen molar-refractivity contribution in [2.75, 3.05) is 12.4 Å². The van der Waals surface area contributed by atoms with E-state index in [1.807, 2.05) is 36.4 Å². The van der Waals surface area contributed by atoms with Gasteiger partial charge in [0.15, 0.2) is 0 Å². The maximum Gasteiger partial charge on any atom is 0.319 e. The van der Waals surface area contributed by atoms with Crippen LogP contribution in [-0.4, -0.2) is 29.9 Å². The van der Waals surface area contributed by atoms with Crippen LogP contribution in [0.25, 0.3) is 0 Å². The molecule has 1 aliphatic carbocycles. The number of benzene rings is 2. The van der Waals surface area contributed by atoms with Crippen LogP contribution < -0.4 is 10.6 Å². The Hall–Kier alpha value is -2.82. The van der Waals surface area contributed by atoms with Gasteiger partial charge in [0.25, 0.3) is 0 Å². The summed E-state index contributed by atoms with van der Waals surface area (Å²) >= 11 is 0. The number of hydrogen-bond donors (Lipinski definition) is 2. The second-order valence-corrected chi connectivity index (χ2v) is 6.55. The number of anilines is 1. The van der Waals surface area contributed by atoms with Gasteiger partial charge < -0.3 is 15.5 Å². The molecule has 2 aromatic rings. The normalized spacial score (nSPS) is 13.2. The highest BCUT2D eigenvalue weighted by Crippen LogP contribution is 2.21. The number of urea groups is 1. The number of nitrogens with one attached hydrogen (secondary N) is 2. The molecular formula is C20H23N3O2. The lowest BCUT2D eigenvalue weighted by molar-refractivity contribution is -0.128. The Kier molecular flexibility index (Phi) is 5.03. The lowest BCUT2D eigenvalue weighted by atomic mass is 10.1. The van der Waals surface area contributed by atoms with E-state index in [0.29, 0.717) is 6.54 Å². The fraction of sp³-hybridized carbons (Fsp3) is 0.300. The molecule has 0 bridgehead atoms. The molecule has 0 atom stereocenters. The van der Waals surface area contributed by atoms with Crippen molar-refractivity contribution >= 4 is 17.6 Å². The number of rotatable bonds is 4. The summed E-state index contributed by atoms with van der Waals surface area (Å²) in [4.78, 5) is 25.3. The van der Waals surface area contributed by atoms with Crippen molar-refractivity contribution < 1.29 is 9.59 Å². The second-order valence-electron chi connectivity index (χ2n) is 6.55. The van der Waals surface area contributed by atoms with Gasteiger partial charge >= 0.3 is 6.03 Å². The molecule has 3 rings (SSSR count). The quantitative estimate of drug-likeness (QED) is 0.901. The zero-order valence-corrected chi connectivity index (χ0v) is 14.6. The predicted octanol–water partition coefficient (Wildman–Crippen LogP) is 2.95. The minimum atomic E-state index is -0.199. The summed E-state index contributed by atoms with van der Waals surface area (Å²) in [6.07, 6.45) is 1.74. The molecule has 25 heavy (non-hydrogen) atoms. The van der Waals surface area contributed by atoms with Gasteiger partial charge in [0.05, 0.1) is 0 Å². The zero-order valence-electron chi connectivity index (χ0n) is 14.6. The zero-order chi connectivity index (χ0) is 17.8. The molecule has 5 heteroatoms. The van der Waals surface area contributed by atoms with Crippen molar-refractivity contribution in [3.8, 4) is 0 Å². The highest BCUT2D eigenvalue weighted by atomic mass is 16.2. The van der Waals surface area contributed by atoms with E-state index in [9.17, 15) is 9.59 Å². The van der Waals surface area contributed by atoms with E-state index < -0.39 is 0 Å². The van der Waals surface area contributed by atoms with E-state index >= 15 is 0 Å². The summed E-state index contributed by atoms with van der Waals surface area (Å²) < 4.78 is 0. The van der Waals surface area contributed by atoms with E-state index in [1.165, 1.54) is 18.1 Å². The molecule has 0 saturated carbocycles. The van der Waals surface area contributed by atoms with E-state index in [-0.39, 0.29) is 18.0 Å². The van der Waals surface area contributed by atoms with Gasteiger partial charge in [-0.3, -0.25) is 4.79 Å². The van der Waals surface area contributed by atoms with Crippen molar-refractivity contribution in [2.24, 2.45) is 0 Å². The summed E-state index contributed by atoms with van der Waals surface area (Å²) in [5.74, 6) is 0.0110. The molecule has 2 N–H and O–H groups in total. The summed E-state index contributed by atoms with van der Waals surface area (Å²) in [5.41, 5.74) is 4.32. The standard InChI is InChI=1S/C20H23N3O2/c1-14(24)23(2)13-15-6-5-9-18(10-15)21-20(25)22-19-11-16-7-3-4-8-17(16)12-19/h3-10,19H,11-13H2,1-2H3,(H2,21,22,25). The third-order valence-electron chi connectivity index (χ3n) is 4.53. The van der Waals surface area contributed by atoms with Crippen molar-refractivity contribution in [1.29, 1.82) is 0 Å². The van der Waals surface area contributed by atoms with Crippen molar-refractivity contribution in [2.45, 2.75) is 32.4 Å². The number of amides is 3. The van der Waals surface area contributed by atoms with E-state index in [0.717, 1.165) is 24.1 Å². The van der Waals surface area contributed by atoms with Crippen LogP contribution in [0, 0.1) is 0 Å². The first-order chi connectivity index (χ1) is 12.0. The first kappa shape index (κ1) is 17.0. The highest BCUT2D eigenvalue weighted by molar-refractivity contribution is 5.89. The Morgan fingerprint density at radius 1 is 1.08 bits per heavy atom. The molecule has 0 aliphatic heterocycles. The largest absolute Gasteiger partial charge is 0.342 e. The van der Waals surface area contributed by atoms with Crippen LogP contribution in [0.2, 0.25) is 0 Å². The molecule has 0 saturated heterocycles. The number of carbonyl (C=O) groups is 2. The molecular weight excluding hydrogens is 314 g/mol. The number of hydrogen-bond acceptors (Lipinski definition) is 2. The SMILES string of the molecule is CC(=O)N(C)Cc1cccc(NC(=O)NC2Cc3ccccc3C2)c1. The van der Waals surface area contributed by atoms with Crippen LogP contribution in [0.15, 0.2) is 48.5 Å². The van der Waals surface area contributed by atoms with Gasteiger partial charge in [-0.15, -0.1) is 0 Å². The predicted molar refractivity (Wildman–Crippen MR) is 98.4 cm³/mol. The first-order valence-corrected chi connectivity index (χ1v) is 8.46. The average Bonchev–Trinajstić information content (AvgIpc) is 2.96. The van der Waals surface area contributed by atoms with Crippen molar-refractivity contribution in [3.05, 3.63) is 65.2 Å². The molecule has 1 aliphatic rings. The summed E-state index contributed by atoms with van der Waals surface area (Å²) in [5, 5.41) is 5.92. The van der Waals surface area contributed by atoms with Crippen LogP contribution >= 0.6 is 0 Å². The third kappa shape index (κ3) is 4.38. The Labute approximate surface area is 148 Å². The van der Waals surface area contributed by atoms with E-state index in [4.69, 9.17) is 0 Å². The van der Waals surface area contributed by atoms with Gasteiger partial charge in [0, 0.05) is 32.2 Å². The van der Waals surface area contributed by atoms with Crippen molar-refractivity contribution in [1.82, 2.24) is 10.2 Å². The molecule has 0 aromatic heterocycles. The molecule has 2 aromatic carbocycles. The minimum absolute atomic E-state index is 0.0110. The number of carbonyl (C=O) groups excluding carboxylic acids is 2. The minimum Gasteiger partial charge on any atom is -0.342 e. The van der Waals surface area contributed by atoms with E-state index in [1.54, 1.807) is 11.9 Å². The summed E-state index contributed by atoms with van der Waals surface area (Å²) in [6, 6.07) is 15.8. The van der Waals surface area contributed by atoms with Gasteiger partial charge in [-0.1, -0.05) is 36.4 Å². The smallest absolute Gasteiger partial charge is 0.319 e. The number of nitrogens with zero attached hydrogens (tertiary/aromatic N) is 1. The Balaban J connectivity index is 1.56. The lowest BCUT2D eigenvalue weighted by Gasteiger charge is -2.16. The average molecular weight is 337 g/mol. The molecule has 5 nitrogen and oxygen atoms in total. The first-order valence-electron chi connectivity index (χ1n) is 8.46. The Morgan fingerprint density at radius 3 is 2.40 bits per heavy atom. The summed E-state index contributed by atoms with van der Waals surface area (Å²) in [6.45, 7) is 2.06. The monoisotopic (exact) mass is 337 g/mol. The topological polar surface area (TPSA) is 61.4 Å². The van der Waals surface area contributed by atoms with Gasteiger partial charge in [0.2, 0.25) is 5.91 Å². The number of fused-ring (bicyclic) bond motifs is 1. The Morgan fingerprint density at radius 2 is 1.76 bits per heavy atom. The maximum atomic E-state index is 12.3. The van der Waals surface area contributed by atoms with Gasteiger partial charge in [-0.2, -0.15) is 0 Å². The van der Waals surface area contributed by atoms with Crippen LogP contribution in [0.5, 0.6) is 0 Å². The fourth-order valence-electron chi connectivity index (χ4n) is 3.15. The maximum absolute atomic E-state index is 12.3. The summed E-state index contributed by atoms with van der Waals surface area (Å²) in [7, 11) is 1.76. The molecule has 0 spiro atoms. The highest BCUT2D eigenvalue weighted by Gasteiger charge is 2.22. The third-order valence-corrected chi connectivity index (χ3v) is 4.53. The Bertz CT molecular complexity index is 763. The van der Waals surface area contributed by atoms with Crippen molar-refractivity contribution in [3.63, 3.8) is 0 Å². The molecule has 0 radical (unpaired) electrons. The molecule has 0 heterocycles. The van der Waals surface area contributed by atoms with Crippen LogP contribution in [0.4, 0.5) is 10.5 Å². The van der Waals surface area contributed by atoms with Crippen LogP contribution in [0.1, 0.15) is 23.6 Å². The van der Waals surface area contributed by atoms with E-state index in [2.05, 4.69) is 22.8 Å². The van der Waals surface area contributed by atoms with Crippen LogP contribution in [0.3, 0.4) is 0 Å². The van der Waals surface area contributed by atoms with Gasteiger partial charge in [-0.25, -0.2) is 4.79 Å². The van der Waals surface area contributed by atoms with Crippen LogP contribution in [-0.2, 0) is 24.2 Å². The molecule has 0 fully saturated rings. The molecule has 3 amide bonds. The van der Waals surface area contributed by atoms with Gasteiger partial charge in [0.1, 0.15) is 0 Å². The second kappa shape index (κ2) is 7.38.